The van der Waals surface area contributed by atoms with Gasteiger partial charge in [-0.1, -0.05) is 0 Å². The molecule has 1 atom stereocenters. The molecule has 7 heavy (non-hydrogen) atoms. The van der Waals surface area contributed by atoms with E-state index in [0.717, 1.165) is 0 Å². The summed E-state index contributed by atoms with van der Waals surface area (Å²) in [5.74, 6) is 0. The first-order valence-corrected chi connectivity index (χ1v) is 1.88. The summed E-state index contributed by atoms with van der Waals surface area (Å²) in [7, 11) is 0. The molecule has 1 radical (unpaired) electrons. The summed E-state index contributed by atoms with van der Waals surface area (Å²) in [6, 6.07) is -0.475. The van der Waals surface area contributed by atoms with Gasteiger partial charge in [-0.15, -0.1) is 0 Å². The number of hydrogen-bond acceptors (Lipinski definition) is 2. The minimum atomic E-state index is -0.475. The average Bonchev–Trinajstić information content (AvgIpc) is 1.68. The normalized spacial score (nSPS) is 12.1. The lowest BCUT2D eigenvalue weighted by Crippen LogP contribution is -2.24. The van der Waals surface area contributed by atoms with Crippen molar-refractivity contribution < 1.29 is 9.59 Å². The predicted octanol–water partition coefficient (Wildman–Crippen LogP) is -0.769. The van der Waals surface area contributed by atoms with Crippen LogP contribution in [-0.2, 0) is 9.59 Å². The molecular weight excluding hydrogens is 94.0 g/mol. The van der Waals surface area contributed by atoms with Gasteiger partial charge in [0.1, 0.15) is 0 Å². The molecule has 0 heterocycles. The van der Waals surface area contributed by atoms with E-state index in [4.69, 9.17) is 0 Å². The second kappa shape index (κ2) is 3.33. The highest BCUT2D eigenvalue weighted by atomic mass is 16.1. The highest BCUT2D eigenvalue weighted by Crippen LogP contribution is 1.65. The van der Waals surface area contributed by atoms with Gasteiger partial charge in [-0.25, -0.2) is 0 Å². The van der Waals surface area contributed by atoms with Crippen molar-refractivity contribution in [3.05, 3.63) is 0 Å². The van der Waals surface area contributed by atoms with Gasteiger partial charge in [-0.3, -0.25) is 9.59 Å². The summed E-state index contributed by atoms with van der Waals surface area (Å²) < 4.78 is 0. The molecule has 1 N–H and O–H groups in total. The van der Waals surface area contributed by atoms with Gasteiger partial charge < -0.3 is 5.32 Å². The van der Waals surface area contributed by atoms with E-state index in [-0.39, 0.29) is 0 Å². The summed E-state index contributed by atoms with van der Waals surface area (Å²) in [4.78, 5) is 19.0. The maximum Gasteiger partial charge on any atom is 0.222 e. The van der Waals surface area contributed by atoms with Gasteiger partial charge in [0.25, 0.3) is 0 Å². The molecule has 0 fully saturated rings. The van der Waals surface area contributed by atoms with Crippen LogP contribution in [0.15, 0.2) is 0 Å². The Kier molecular flexibility index (Phi) is 2.92. The largest absolute Gasteiger partial charge is 0.349 e. The van der Waals surface area contributed by atoms with Crippen molar-refractivity contribution >= 4 is 12.7 Å². The van der Waals surface area contributed by atoms with E-state index < -0.39 is 6.04 Å². The Morgan fingerprint density at radius 1 is 1.86 bits per heavy atom. The highest BCUT2D eigenvalue weighted by Gasteiger charge is 1.92. The van der Waals surface area contributed by atoms with Crippen LogP contribution in [0.3, 0.4) is 0 Å². The summed E-state index contributed by atoms with van der Waals surface area (Å²) in [5.41, 5.74) is 0. The number of amides is 1. The van der Waals surface area contributed by atoms with Crippen LogP contribution in [-0.4, -0.2) is 18.7 Å². The summed E-state index contributed by atoms with van der Waals surface area (Å²) >= 11 is 0. The Morgan fingerprint density at radius 3 is 2.57 bits per heavy atom. The predicted molar refractivity (Wildman–Crippen MR) is 24.4 cm³/mol. The smallest absolute Gasteiger partial charge is 0.222 e. The van der Waals surface area contributed by atoms with Crippen molar-refractivity contribution in [1.82, 2.24) is 5.32 Å². The minimum Gasteiger partial charge on any atom is -0.349 e. The fraction of sp³-hybridized carbons (Fsp3) is 0.500. The number of rotatable bonds is 3. The standard InChI is InChI=1S/C4H6NO2/c1-4(2-6)5-3-7/h3-4H,1H3,(H,5,7). The minimum absolute atomic E-state index is 0.468. The Morgan fingerprint density at radius 2 is 2.43 bits per heavy atom. The molecule has 1 unspecified atom stereocenters. The van der Waals surface area contributed by atoms with Crippen molar-refractivity contribution in [1.29, 1.82) is 0 Å². The first kappa shape index (κ1) is 6.14. The number of carbonyl (C=O) groups excluding carboxylic acids is 2. The van der Waals surface area contributed by atoms with Crippen LogP contribution < -0.4 is 5.32 Å². The Labute approximate surface area is 41.7 Å². The zero-order valence-corrected chi connectivity index (χ0v) is 3.97. The molecule has 3 heteroatoms. The molecule has 1 amide bonds. The monoisotopic (exact) mass is 100 g/mol. The molecule has 0 aliphatic rings. The Bertz CT molecular complexity index is 72.1. The van der Waals surface area contributed by atoms with Crippen LogP contribution in [0.25, 0.3) is 0 Å². The third kappa shape index (κ3) is 2.96. The quantitative estimate of drug-likeness (QED) is 0.473. The molecule has 0 bridgehead atoms. The second-order valence-electron chi connectivity index (χ2n) is 1.12. The molecule has 39 valence electrons. The van der Waals surface area contributed by atoms with Gasteiger partial charge in [0.2, 0.25) is 12.7 Å². The molecule has 0 aliphatic carbocycles. The van der Waals surface area contributed by atoms with Gasteiger partial charge in [0.05, 0.1) is 6.04 Å². The number of carbonyl (C=O) groups is 1. The van der Waals surface area contributed by atoms with E-state index >= 15 is 0 Å². The molecule has 0 aromatic rings. The Hall–Kier alpha value is -0.860. The van der Waals surface area contributed by atoms with E-state index in [0.29, 0.717) is 6.41 Å². The summed E-state index contributed by atoms with van der Waals surface area (Å²) in [6.07, 6.45) is 2.04. The third-order valence-electron chi connectivity index (χ3n) is 0.495. The van der Waals surface area contributed by atoms with Gasteiger partial charge in [0.15, 0.2) is 0 Å². The fourth-order valence-electron chi connectivity index (χ4n) is 0.136. The fourth-order valence-corrected chi connectivity index (χ4v) is 0.136. The molecule has 3 nitrogen and oxygen atoms in total. The van der Waals surface area contributed by atoms with E-state index in [1.165, 1.54) is 0 Å². The lowest BCUT2D eigenvalue weighted by atomic mass is 10.4. The molecule has 0 aromatic carbocycles. The molecule has 0 aromatic heterocycles. The lowest BCUT2D eigenvalue weighted by Gasteiger charge is -1.93. The van der Waals surface area contributed by atoms with E-state index in [1.54, 1.807) is 13.2 Å². The SMILES string of the molecule is CC([C]=O)NC=O. The maximum absolute atomic E-state index is 9.55. The third-order valence-corrected chi connectivity index (χ3v) is 0.495. The molecular formula is C4H6NO2. The maximum atomic E-state index is 9.55. The molecule has 0 rings (SSSR count). The first-order valence-electron chi connectivity index (χ1n) is 1.88. The summed E-state index contributed by atoms with van der Waals surface area (Å²) in [5, 5.41) is 2.19. The van der Waals surface area contributed by atoms with Gasteiger partial charge in [-0.05, 0) is 6.92 Å². The molecule has 0 spiro atoms. The molecule has 0 saturated carbocycles. The second-order valence-corrected chi connectivity index (χ2v) is 1.12. The van der Waals surface area contributed by atoms with Crippen LogP contribution in [0, 0.1) is 0 Å². The van der Waals surface area contributed by atoms with Crippen molar-refractivity contribution in [3.63, 3.8) is 0 Å². The van der Waals surface area contributed by atoms with Crippen molar-refractivity contribution in [3.8, 4) is 0 Å². The number of nitrogens with one attached hydrogen (secondary N) is 1. The van der Waals surface area contributed by atoms with Crippen LogP contribution in [0.2, 0.25) is 0 Å². The van der Waals surface area contributed by atoms with Crippen molar-refractivity contribution in [2.24, 2.45) is 0 Å². The summed E-state index contributed by atoms with van der Waals surface area (Å²) in [6.45, 7) is 1.54. The van der Waals surface area contributed by atoms with Gasteiger partial charge in [0, 0.05) is 0 Å². The molecule has 0 saturated heterocycles. The van der Waals surface area contributed by atoms with Gasteiger partial charge in [-0.2, -0.15) is 0 Å². The topological polar surface area (TPSA) is 46.2 Å². The van der Waals surface area contributed by atoms with Crippen molar-refractivity contribution in [2.45, 2.75) is 13.0 Å². The van der Waals surface area contributed by atoms with Crippen LogP contribution >= 0.6 is 0 Å². The van der Waals surface area contributed by atoms with Crippen LogP contribution in [0.1, 0.15) is 6.92 Å². The molecule has 0 aliphatic heterocycles. The van der Waals surface area contributed by atoms with Crippen molar-refractivity contribution in [2.75, 3.05) is 0 Å². The Balaban J connectivity index is 3.15. The highest BCUT2D eigenvalue weighted by molar-refractivity contribution is 5.63. The average molecular weight is 100 g/mol. The van der Waals surface area contributed by atoms with Crippen LogP contribution in [0.4, 0.5) is 0 Å². The van der Waals surface area contributed by atoms with E-state index in [1.807, 2.05) is 0 Å². The zero-order chi connectivity index (χ0) is 5.70. The van der Waals surface area contributed by atoms with E-state index in [9.17, 15) is 9.59 Å². The zero-order valence-electron chi connectivity index (χ0n) is 3.97. The van der Waals surface area contributed by atoms with Gasteiger partial charge >= 0.3 is 0 Å². The van der Waals surface area contributed by atoms with E-state index in [2.05, 4.69) is 5.32 Å². The van der Waals surface area contributed by atoms with Crippen LogP contribution in [0.5, 0.6) is 0 Å². The number of hydrogen-bond donors (Lipinski definition) is 1. The lowest BCUT2D eigenvalue weighted by molar-refractivity contribution is -0.109. The first-order chi connectivity index (χ1) is 3.31.